The molecule has 0 radical (unpaired) electrons. The van der Waals surface area contributed by atoms with Crippen LogP contribution in [0.3, 0.4) is 0 Å². The van der Waals surface area contributed by atoms with Crippen molar-refractivity contribution < 1.29 is 10.0 Å². The minimum Gasteiger partial charge on any atom is -0.409 e. The van der Waals surface area contributed by atoms with Gasteiger partial charge in [-0.3, -0.25) is 9.48 Å². The SMILES string of the molecule is Cc1nn(C)cc1CNC(=O)C1(/C(N)=N/O)CC1. The lowest BCUT2D eigenvalue weighted by atomic mass is 10.1. The summed E-state index contributed by atoms with van der Waals surface area (Å²) in [5.41, 5.74) is 6.58. The van der Waals surface area contributed by atoms with E-state index >= 15 is 0 Å². The van der Waals surface area contributed by atoms with Crippen molar-refractivity contribution in [2.45, 2.75) is 26.3 Å². The molecule has 1 amide bonds. The third-order valence-corrected chi connectivity index (χ3v) is 3.34. The number of hydrogen-bond acceptors (Lipinski definition) is 4. The number of hydrogen-bond donors (Lipinski definition) is 3. The number of amides is 1. The van der Waals surface area contributed by atoms with Gasteiger partial charge in [-0.1, -0.05) is 5.16 Å². The van der Waals surface area contributed by atoms with E-state index < -0.39 is 5.41 Å². The highest BCUT2D eigenvalue weighted by atomic mass is 16.4. The molecule has 1 aromatic heterocycles. The second-order valence-electron chi connectivity index (χ2n) is 4.66. The highest BCUT2D eigenvalue weighted by Crippen LogP contribution is 2.46. The summed E-state index contributed by atoms with van der Waals surface area (Å²) in [5.74, 6) is -0.205. The molecule has 1 aliphatic rings. The van der Waals surface area contributed by atoms with Crippen molar-refractivity contribution in [2.24, 2.45) is 23.4 Å². The van der Waals surface area contributed by atoms with Crippen molar-refractivity contribution >= 4 is 11.7 Å². The van der Waals surface area contributed by atoms with E-state index in [0.29, 0.717) is 19.4 Å². The molecule has 1 aliphatic carbocycles. The minimum absolute atomic E-state index is 0.0112. The molecule has 1 saturated carbocycles. The number of carbonyl (C=O) groups excluding carboxylic acids is 1. The molecule has 0 aromatic carbocycles. The van der Waals surface area contributed by atoms with Crippen LogP contribution < -0.4 is 11.1 Å². The number of nitrogens with zero attached hydrogens (tertiary/aromatic N) is 3. The van der Waals surface area contributed by atoms with E-state index in [1.807, 2.05) is 20.2 Å². The van der Waals surface area contributed by atoms with Crippen molar-refractivity contribution in [3.05, 3.63) is 17.5 Å². The fourth-order valence-electron chi connectivity index (χ4n) is 1.99. The summed E-state index contributed by atoms with van der Waals surface area (Å²) >= 11 is 0. The van der Waals surface area contributed by atoms with Gasteiger partial charge in [-0.25, -0.2) is 0 Å². The monoisotopic (exact) mass is 251 g/mol. The molecule has 0 aliphatic heterocycles. The van der Waals surface area contributed by atoms with Gasteiger partial charge >= 0.3 is 0 Å². The van der Waals surface area contributed by atoms with Gasteiger partial charge in [0.1, 0.15) is 5.41 Å². The van der Waals surface area contributed by atoms with E-state index in [-0.39, 0.29) is 11.7 Å². The second-order valence-corrected chi connectivity index (χ2v) is 4.66. The van der Waals surface area contributed by atoms with Crippen LogP contribution in [0.2, 0.25) is 0 Å². The largest absolute Gasteiger partial charge is 0.409 e. The summed E-state index contributed by atoms with van der Waals surface area (Å²) < 4.78 is 1.70. The van der Waals surface area contributed by atoms with Crippen LogP contribution in [0.5, 0.6) is 0 Å². The first-order valence-electron chi connectivity index (χ1n) is 5.75. The number of nitrogens with one attached hydrogen (secondary N) is 1. The van der Waals surface area contributed by atoms with Crippen molar-refractivity contribution in [1.82, 2.24) is 15.1 Å². The fourth-order valence-corrected chi connectivity index (χ4v) is 1.99. The van der Waals surface area contributed by atoms with Crippen molar-refractivity contribution in [3.63, 3.8) is 0 Å². The molecular formula is C11H17N5O2. The molecule has 0 atom stereocenters. The van der Waals surface area contributed by atoms with E-state index in [1.54, 1.807) is 4.68 Å². The normalized spacial score (nSPS) is 17.6. The Kier molecular flexibility index (Phi) is 2.98. The highest BCUT2D eigenvalue weighted by molar-refractivity contribution is 6.09. The summed E-state index contributed by atoms with van der Waals surface area (Å²) in [6, 6.07) is 0. The summed E-state index contributed by atoms with van der Waals surface area (Å²) in [6.07, 6.45) is 3.11. The maximum atomic E-state index is 12.0. The number of rotatable bonds is 4. The maximum Gasteiger partial charge on any atom is 0.234 e. The Bertz CT molecular complexity index is 502. The Balaban J connectivity index is 1.99. The van der Waals surface area contributed by atoms with Crippen molar-refractivity contribution in [3.8, 4) is 0 Å². The maximum absolute atomic E-state index is 12.0. The first-order valence-corrected chi connectivity index (χ1v) is 5.75. The minimum atomic E-state index is -0.801. The molecule has 1 aromatic rings. The lowest BCUT2D eigenvalue weighted by Crippen LogP contribution is -2.40. The average Bonchev–Trinajstić information content (AvgIpc) is 3.08. The van der Waals surface area contributed by atoms with Gasteiger partial charge < -0.3 is 16.3 Å². The van der Waals surface area contributed by atoms with Crippen molar-refractivity contribution in [1.29, 1.82) is 0 Å². The van der Waals surface area contributed by atoms with E-state index in [1.165, 1.54) is 0 Å². The van der Waals surface area contributed by atoms with E-state index in [9.17, 15) is 4.79 Å². The zero-order valence-corrected chi connectivity index (χ0v) is 10.5. The van der Waals surface area contributed by atoms with Crippen molar-refractivity contribution in [2.75, 3.05) is 0 Å². The van der Waals surface area contributed by atoms with Gasteiger partial charge in [0.05, 0.1) is 5.69 Å². The first-order chi connectivity index (χ1) is 8.49. The smallest absolute Gasteiger partial charge is 0.234 e. The Labute approximate surface area is 105 Å². The van der Waals surface area contributed by atoms with Gasteiger partial charge in [-0.05, 0) is 19.8 Å². The third-order valence-electron chi connectivity index (χ3n) is 3.34. The lowest BCUT2D eigenvalue weighted by Gasteiger charge is -2.13. The first kappa shape index (κ1) is 12.4. The molecule has 4 N–H and O–H groups in total. The Morgan fingerprint density at radius 1 is 1.72 bits per heavy atom. The number of carbonyl (C=O) groups is 1. The van der Waals surface area contributed by atoms with Crippen LogP contribution in [0.4, 0.5) is 0 Å². The van der Waals surface area contributed by atoms with Gasteiger partial charge in [0.2, 0.25) is 5.91 Å². The van der Waals surface area contributed by atoms with E-state index in [0.717, 1.165) is 11.3 Å². The van der Waals surface area contributed by atoms with Gasteiger partial charge in [-0.15, -0.1) is 0 Å². The molecule has 7 heteroatoms. The number of oxime groups is 1. The number of amidine groups is 1. The quantitative estimate of drug-likeness (QED) is 0.300. The number of aromatic nitrogens is 2. The third kappa shape index (κ3) is 2.03. The molecule has 0 saturated heterocycles. The van der Waals surface area contributed by atoms with Crippen LogP contribution in [-0.2, 0) is 18.4 Å². The number of nitrogens with two attached hydrogens (primary N) is 1. The molecule has 1 fully saturated rings. The van der Waals surface area contributed by atoms with Gasteiger partial charge in [0.15, 0.2) is 5.84 Å². The Hall–Kier alpha value is -2.05. The molecule has 7 nitrogen and oxygen atoms in total. The summed E-state index contributed by atoms with van der Waals surface area (Å²) in [7, 11) is 1.83. The lowest BCUT2D eigenvalue weighted by molar-refractivity contribution is -0.124. The second kappa shape index (κ2) is 4.32. The molecule has 18 heavy (non-hydrogen) atoms. The van der Waals surface area contributed by atoms with Crippen LogP contribution in [0, 0.1) is 12.3 Å². The van der Waals surface area contributed by atoms with Gasteiger partial charge in [0.25, 0.3) is 0 Å². The standard InChI is InChI=1S/C11H17N5O2/c1-7-8(6-16(2)14-7)5-13-10(17)11(3-4-11)9(12)15-18/h6,18H,3-5H2,1-2H3,(H2,12,15)(H,13,17). The van der Waals surface area contributed by atoms with Crippen LogP contribution in [0.1, 0.15) is 24.1 Å². The Morgan fingerprint density at radius 2 is 2.39 bits per heavy atom. The van der Waals surface area contributed by atoms with Gasteiger partial charge in [-0.2, -0.15) is 5.10 Å². The summed E-state index contributed by atoms with van der Waals surface area (Å²) in [5, 5.41) is 18.6. The molecule has 1 heterocycles. The zero-order valence-electron chi connectivity index (χ0n) is 10.5. The fraction of sp³-hybridized carbons (Fsp3) is 0.545. The molecule has 0 bridgehead atoms. The van der Waals surface area contributed by atoms with E-state index in [2.05, 4.69) is 15.6 Å². The number of aryl methyl sites for hydroxylation is 2. The molecule has 0 unspecified atom stereocenters. The average molecular weight is 251 g/mol. The topological polar surface area (TPSA) is 106 Å². The molecule has 2 rings (SSSR count). The zero-order chi connectivity index (χ0) is 13.3. The molecule has 98 valence electrons. The van der Waals surface area contributed by atoms with Crippen LogP contribution >= 0.6 is 0 Å². The Morgan fingerprint density at radius 3 is 2.83 bits per heavy atom. The van der Waals surface area contributed by atoms with Crippen LogP contribution in [0.15, 0.2) is 11.4 Å². The summed E-state index contributed by atoms with van der Waals surface area (Å²) in [4.78, 5) is 12.0. The molecule has 0 spiro atoms. The predicted molar refractivity (Wildman–Crippen MR) is 64.9 cm³/mol. The highest BCUT2D eigenvalue weighted by Gasteiger charge is 2.54. The predicted octanol–water partition coefficient (Wildman–Crippen LogP) is -0.129. The summed E-state index contributed by atoms with van der Waals surface area (Å²) in [6.45, 7) is 2.29. The molecular weight excluding hydrogens is 234 g/mol. The van der Waals surface area contributed by atoms with E-state index in [4.69, 9.17) is 10.9 Å². The van der Waals surface area contributed by atoms with Crippen LogP contribution in [0.25, 0.3) is 0 Å². The van der Waals surface area contributed by atoms with Gasteiger partial charge in [0, 0.05) is 25.4 Å². The van der Waals surface area contributed by atoms with Crippen LogP contribution in [-0.4, -0.2) is 26.7 Å².